The monoisotopic (exact) mass is 2040 g/mol. The number of nitrogens with zero attached hydrogens (tertiary/aromatic N) is 3. The van der Waals surface area contributed by atoms with E-state index in [1.165, 1.54) is 39.0 Å². The summed E-state index contributed by atoms with van der Waals surface area (Å²) in [7, 11) is 2.01. The molecule has 0 amide bonds. The Morgan fingerprint density at radius 3 is 0.867 bits per heavy atom. The van der Waals surface area contributed by atoms with Crippen molar-refractivity contribution >= 4 is 71.4 Å². The second-order valence-corrected chi connectivity index (χ2v) is 36.6. The Morgan fingerprint density at radius 1 is 0.280 bits per heavy atom. The maximum absolute atomic E-state index is 13.6. The summed E-state index contributed by atoms with van der Waals surface area (Å²) in [6.45, 7) is 43.9. The maximum Gasteiger partial charge on any atom is 0.330 e. The zero-order chi connectivity index (χ0) is 108. The Bertz CT molecular complexity index is 3500. The van der Waals surface area contributed by atoms with E-state index < -0.39 is 191 Å². The van der Waals surface area contributed by atoms with Gasteiger partial charge in [-0.2, -0.15) is 0 Å². The van der Waals surface area contributed by atoms with Crippen LogP contribution in [-0.2, 0) is 148 Å². The van der Waals surface area contributed by atoms with E-state index in [0.717, 1.165) is 146 Å². The lowest BCUT2D eigenvalue weighted by molar-refractivity contribution is -0.173. The van der Waals surface area contributed by atoms with Crippen molar-refractivity contribution in [1.82, 2.24) is 14.7 Å². The first-order chi connectivity index (χ1) is 68.2. The molecule has 143 heavy (non-hydrogen) atoms. The first kappa shape index (κ1) is 136. The van der Waals surface area contributed by atoms with E-state index in [1.54, 1.807) is 0 Å². The highest BCUT2D eigenvalue weighted by Gasteiger charge is 2.43. The normalized spacial score (nSPS) is 13.6. The zero-order valence-electron chi connectivity index (χ0n) is 87.9. The Hall–Kier alpha value is -8.84. The van der Waals surface area contributed by atoms with Crippen LogP contribution >= 0.6 is 0 Å². The molecule has 0 spiro atoms. The van der Waals surface area contributed by atoms with Gasteiger partial charge in [-0.15, -0.1) is 0 Å². The third-order valence-electron chi connectivity index (χ3n) is 22.3. The van der Waals surface area contributed by atoms with E-state index in [2.05, 4.69) is 78.3 Å². The molecule has 4 N–H and O–H groups in total. The molecule has 0 aromatic carbocycles. The third kappa shape index (κ3) is 74.7. The van der Waals surface area contributed by atoms with E-state index in [1.807, 2.05) is 51.5 Å². The number of carbonyl (C=O) groups is 12. The van der Waals surface area contributed by atoms with Crippen LogP contribution in [0.3, 0.4) is 0 Å². The summed E-state index contributed by atoms with van der Waals surface area (Å²) >= 11 is 0. The highest BCUT2D eigenvalue weighted by molar-refractivity contribution is 5.89. The standard InChI is InChI=1S/C56H96N2O18.C49H81NO17/c1-11-17-19-21-23-25-28-57(10)31-48(60)35-67-33-45(7)69-34-46(8)70-36-49(61)32-58(29-26-24-22-20-18-12-2)30-27-54(66)76-44-56(42-74-52(64)15-5,43-75-53(65)16-6)38-68-37-55(39-71-47(9)59,40-72-50(62)13-3)41-73-51(63)14-4;1-10-16-17-18-19-20-24-50(26-43(54)29-59-27-38(7)61-28-39(8)62-30-42(53)12-3)25-22-47(58)67-37-49(35-65-45(56)14-5,36-66-46(57)15-6)32-60-31-48(33-63-40(9)51,23-21-41(52)11-2)34-64-44(55)13-4/h13-16,45-46,48-49,60-61H,3-6,11-12,17-44H2,1-2,7-10H3;11,13-15,38-39,42-43,53-54H,2,4-6,10,12,16-37H2,1,3,7-9H3. The molecule has 0 aliphatic rings. The van der Waals surface area contributed by atoms with Crippen LogP contribution in [-0.4, -0.2) is 367 Å². The van der Waals surface area contributed by atoms with Gasteiger partial charge in [0.25, 0.3) is 0 Å². The quantitative estimate of drug-likeness (QED) is 0.0190. The zero-order valence-corrected chi connectivity index (χ0v) is 87.9. The van der Waals surface area contributed by atoms with E-state index in [-0.39, 0.29) is 142 Å². The van der Waals surface area contributed by atoms with Crippen molar-refractivity contribution < 1.29 is 168 Å². The van der Waals surface area contributed by atoms with E-state index in [0.29, 0.717) is 39.3 Å². The van der Waals surface area contributed by atoms with Crippen LogP contribution in [0.4, 0.5) is 0 Å². The molecule has 0 heterocycles. The van der Waals surface area contributed by atoms with Gasteiger partial charge in [0.1, 0.15) is 72.7 Å². The summed E-state index contributed by atoms with van der Waals surface area (Å²) in [6, 6.07) is 0. The van der Waals surface area contributed by atoms with Crippen molar-refractivity contribution in [2.75, 3.05) is 211 Å². The van der Waals surface area contributed by atoms with Crippen molar-refractivity contribution in [2.45, 2.75) is 266 Å². The molecule has 0 saturated carbocycles. The highest BCUT2D eigenvalue weighted by Crippen LogP contribution is 2.32. The van der Waals surface area contributed by atoms with Gasteiger partial charge in [-0.25, -0.2) is 33.6 Å². The Morgan fingerprint density at radius 2 is 0.545 bits per heavy atom. The molecule has 0 aromatic heterocycles. The maximum atomic E-state index is 13.6. The van der Waals surface area contributed by atoms with Gasteiger partial charge in [-0.3, -0.25) is 24.0 Å². The molecule has 0 aliphatic heterocycles. The number of allylic oxidation sites excluding steroid dienone is 1. The van der Waals surface area contributed by atoms with Crippen LogP contribution in [0.5, 0.6) is 0 Å². The minimum Gasteiger partial charge on any atom is -0.465 e. The van der Waals surface area contributed by atoms with Gasteiger partial charge in [0.2, 0.25) is 0 Å². The largest absolute Gasteiger partial charge is 0.465 e. The Kier molecular flexibility index (Phi) is 81.2. The number of ether oxygens (including phenoxy) is 19. The van der Waals surface area contributed by atoms with Gasteiger partial charge in [0, 0.05) is 95.5 Å². The van der Waals surface area contributed by atoms with Crippen LogP contribution in [0.15, 0.2) is 101 Å². The van der Waals surface area contributed by atoms with Gasteiger partial charge < -0.3 is 125 Å². The fraction of sp³-hybridized carbons (Fsp3) is 0.733. The first-order valence-corrected chi connectivity index (χ1v) is 50.1. The van der Waals surface area contributed by atoms with Crippen LogP contribution in [0, 0.1) is 21.7 Å². The topological polar surface area (TPSA) is 471 Å². The van der Waals surface area contributed by atoms with Gasteiger partial charge in [-0.1, -0.05) is 177 Å². The van der Waals surface area contributed by atoms with Gasteiger partial charge in [0.05, 0.1) is 163 Å². The SMILES string of the molecule is C=CC(=O)CCC(COCC(COC(=O)C=C)(COC(=O)C=C)COC(=O)CCN(CCCCCCCC)CC(O)COCC(C)OCC(C)OCC(O)CC)(COC(C)=O)COC(=O)C=C.C=CC(=O)OCC(COCC(COC(=O)C=C)(COC(=O)C=C)COC(=O)CCN(CCCCCCCC)CC(O)COC(C)COC(C)COCC(O)CN(C)CCCCCCCC)(COC(C)=O)COC(=O)C=C. The highest BCUT2D eigenvalue weighted by atomic mass is 16.6. The Balaban J connectivity index is 0. The average Bonchev–Trinajstić information content (AvgIpc) is 0.839. The molecule has 9 atom stereocenters. The lowest BCUT2D eigenvalue weighted by Crippen LogP contribution is -2.47. The van der Waals surface area contributed by atoms with Crippen LogP contribution in [0.25, 0.3) is 0 Å². The molecule has 0 aromatic rings. The second kappa shape index (κ2) is 85.3. The summed E-state index contributed by atoms with van der Waals surface area (Å²) in [6.07, 6.45) is 23.6. The van der Waals surface area contributed by atoms with Crippen molar-refractivity contribution in [2.24, 2.45) is 21.7 Å². The van der Waals surface area contributed by atoms with Crippen molar-refractivity contribution in [3.8, 4) is 0 Å². The smallest absolute Gasteiger partial charge is 0.330 e. The molecule has 0 aliphatic carbocycles. The summed E-state index contributed by atoms with van der Waals surface area (Å²) in [5, 5.41) is 42.3. The molecule has 0 fully saturated rings. The summed E-state index contributed by atoms with van der Waals surface area (Å²) in [5.41, 5.74) is -5.88. The number of hydrogen-bond donors (Lipinski definition) is 4. The molecule has 38 heteroatoms. The first-order valence-electron chi connectivity index (χ1n) is 50.1. The molecule has 0 rings (SSSR count). The van der Waals surface area contributed by atoms with Gasteiger partial charge in [0.15, 0.2) is 5.78 Å². The molecular formula is C105H177N3O35. The fourth-order valence-electron chi connectivity index (χ4n) is 13.5. The lowest BCUT2D eigenvalue weighted by Gasteiger charge is -2.35. The van der Waals surface area contributed by atoms with Crippen molar-refractivity contribution in [3.63, 3.8) is 0 Å². The minimum absolute atomic E-state index is 0.0101. The number of aliphatic hydroxyl groups excluding tert-OH is 4. The van der Waals surface area contributed by atoms with E-state index in [9.17, 15) is 78.0 Å². The summed E-state index contributed by atoms with van der Waals surface area (Å²) < 4.78 is 107. The molecular weight excluding hydrogens is 1860 g/mol. The number of likely N-dealkylation sites (N-methyl/N-ethyl adjacent to an activating group) is 1. The number of ketones is 1. The van der Waals surface area contributed by atoms with Crippen molar-refractivity contribution in [1.29, 1.82) is 0 Å². The second-order valence-electron chi connectivity index (χ2n) is 36.6. The molecule has 0 bridgehead atoms. The number of aliphatic hydroxyl groups is 4. The third-order valence-corrected chi connectivity index (χ3v) is 22.3. The average molecular weight is 2040 g/mol. The lowest BCUT2D eigenvalue weighted by atomic mass is 9.84. The molecule has 9 unspecified atom stereocenters. The predicted molar refractivity (Wildman–Crippen MR) is 536 cm³/mol. The predicted octanol–water partition coefficient (Wildman–Crippen LogP) is 10.7. The minimum atomic E-state index is -1.57. The molecule has 0 saturated heterocycles. The number of unbranched alkanes of at least 4 members (excludes halogenated alkanes) is 15. The van der Waals surface area contributed by atoms with Crippen molar-refractivity contribution in [3.05, 3.63) is 101 Å². The van der Waals surface area contributed by atoms with Gasteiger partial charge >= 0.3 is 65.7 Å². The summed E-state index contributed by atoms with van der Waals surface area (Å²) in [5.74, 6) is -8.79. The number of hydrogen-bond acceptors (Lipinski definition) is 38. The number of carbonyl (C=O) groups excluding carboxylic acids is 12. The molecule has 38 nitrogen and oxygen atoms in total. The number of esters is 11. The van der Waals surface area contributed by atoms with E-state index >= 15 is 0 Å². The van der Waals surface area contributed by atoms with Crippen LogP contribution < -0.4 is 0 Å². The van der Waals surface area contributed by atoms with Crippen LogP contribution in [0.1, 0.15) is 217 Å². The molecule has 0 radical (unpaired) electrons. The summed E-state index contributed by atoms with van der Waals surface area (Å²) in [4.78, 5) is 155. The fourth-order valence-corrected chi connectivity index (χ4v) is 13.5. The van der Waals surface area contributed by atoms with E-state index in [4.69, 9.17) is 90.0 Å². The molecule has 822 valence electrons. The van der Waals surface area contributed by atoms with Gasteiger partial charge in [-0.05, 0) is 92.6 Å². The van der Waals surface area contributed by atoms with Crippen LogP contribution in [0.2, 0.25) is 0 Å². The number of rotatable bonds is 95. The Labute approximate surface area is 850 Å².